The number of aryl methyl sites for hydroxylation is 1. The van der Waals surface area contributed by atoms with Gasteiger partial charge in [0.25, 0.3) is 0 Å². The van der Waals surface area contributed by atoms with Crippen LogP contribution in [0.1, 0.15) is 18.9 Å². The SMILES string of the molecule is CCS(=O)(=O)N(C)CCCN=C(N)Nc1ccc(C)cc1.I. The highest BCUT2D eigenvalue weighted by atomic mass is 127. The van der Waals surface area contributed by atoms with E-state index >= 15 is 0 Å². The van der Waals surface area contributed by atoms with Crippen molar-refractivity contribution in [2.24, 2.45) is 10.7 Å². The molecule has 3 N–H and O–H groups in total. The highest BCUT2D eigenvalue weighted by Crippen LogP contribution is 2.07. The third-order valence-electron chi connectivity index (χ3n) is 3.08. The molecule has 1 aromatic carbocycles. The number of nitrogens with zero attached hydrogens (tertiary/aromatic N) is 2. The van der Waals surface area contributed by atoms with Gasteiger partial charge < -0.3 is 11.1 Å². The minimum absolute atomic E-state index is 0. The number of anilines is 1. The van der Waals surface area contributed by atoms with Crippen LogP contribution < -0.4 is 11.1 Å². The molecule has 0 radical (unpaired) electrons. The molecule has 8 heteroatoms. The third kappa shape index (κ3) is 7.41. The van der Waals surface area contributed by atoms with Crippen LogP contribution in [-0.4, -0.2) is 44.6 Å². The van der Waals surface area contributed by atoms with E-state index in [9.17, 15) is 8.42 Å². The van der Waals surface area contributed by atoms with Gasteiger partial charge in [0.1, 0.15) is 0 Å². The highest BCUT2D eigenvalue weighted by Gasteiger charge is 2.13. The lowest BCUT2D eigenvalue weighted by atomic mass is 10.2. The van der Waals surface area contributed by atoms with E-state index < -0.39 is 10.0 Å². The molecule has 0 saturated heterocycles. The molecule has 6 nitrogen and oxygen atoms in total. The first-order chi connectivity index (χ1) is 9.85. The van der Waals surface area contributed by atoms with Crippen molar-refractivity contribution < 1.29 is 8.42 Å². The smallest absolute Gasteiger partial charge is 0.213 e. The zero-order valence-corrected chi connectivity index (χ0v) is 16.4. The Morgan fingerprint density at radius 2 is 1.91 bits per heavy atom. The van der Waals surface area contributed by atoms with Gasteiger partial charge in [-0.25, -0.2) is 12.7 Å². The number of sulfonamides is 1. The largest absolute Gasteiger partial charge is 0.370 e. The maximum Gasteiger partial charge on any atom is 0.213 e. The fraction of sp³-hybridized carbons (Fsp3) is 0.500. The summed E-state index contributed by atoms with van der Waals surface area (Å²) in [6.45, 7) is 4.57. The van der Waals surface area contributed by atoms with Gasteiger partial charge >= 0.3 is 0 Å². The van der Waals surface area contributed by atoms with E-state index in [-0.39, 0.29) is 29.7 Å². The van der Waals surface area contributed by atoms with Gasteiger partial charge in [0.05, 0.1) is 5.75 Å². The molecule has 1 aromatic rings. The van der Waals surface area contributed by atoms with Crippen molar-refractivity contribution in [2.75, 3.05) is 31.2 Å². The predicted molar refractivity (Wildman–Crippen MR) is 103 cm³/mol. The second kappa shape index (κ2) is 10.0. The summed E-state index contributed by atoms with van der Waals surface area (Å²) < 4.78 is 24.5. The van der Waals surface area contributed by atoms with Crippen LogP contribution >= 0.6 is 24.0 Å². The summed E-state index contributed by atoms with van der Waals surface area (Å²) in [4.78, 5) is 4.18. The molecule has 0 unspecified atom stereocenters. The summed E-state index contributed by atoms with van der Waals surface area (Å²) in [6.07, 6.45) is 0.631. The van der Waals surface area contributed by atoms with Crippen LogP contribution in [0.2, 0.25) is 0 Å². The Morgan fingerprint density at radius 1 is 1.32 bits per heavy atom. The average Bonchev–Trinajstić information content (AvgIpc) is 2.45. The molecule has 0 spiro atoms. The maximum absolute atomic E-state index is 11.5. The van der Waals surface area contributed by atoms with Crippen molar-refractivity contribution in [2.45, 2.75) is 20.3 Å². The van der Waals surface area contributed by atoms with Gasteiger partial charge in [-0.05, 0) is 32.4 Å². The van der Waals surface area contributed by atoms with E-state index in [1.807, 2.05) is 31.2 Å². The number of benzene rings is 1. The van der Waals surface area contributed by atoms with Gasteiger partial charge in [0.2, 0.25) is 10.0 Å². The molecular weight excluding hydrogens is 415 g/mol. The number of guanidine groups is 1. The molecule has 0 atom stereocenters. The van der Waals surface area contributed by atoms with Gasteiger partial charge in [-0.15, -0.1) is 24.0 Å². The number of hydrogen-bond donors (Lipinski definition) is 2. The number of nitrogens with two attached hydrogens (primary N) is 1. The molecule has 1 rings (SSSR count). The first-order valence-corrected chi connectivity index (χ1v) is 8.53. The Hall–Kier alpha value is -0.870. The van der Waals surface area contributed by atoms with Gasteiger partial charge in [-0.3, -0.25) is 4.99 Å². The Labute approximate surface area is 150 Å². The Balaban J connectivity index is 0.00000441. The number of aliphatic imine (C=N–C) groups is 1. The molecule has 0 heterocycles. The quantitative estimate of drug-likeness (QED) is 0.294. The molecular formula is C14H25IN4O2S. The van der Waals surface area contributed by atoms with Crippen molar-refractivity contribution in [1.29, 1.82) is 0 Å². The summed E-state index contributed by atoms with van der Waals surface area (Å²) in [7, 11) is -1.53. The van der Waals surface area contributed by atoms with E-state index in [0.29, 0.717) is 25.5 Å². The molecule has 0 saturated carbocycles. The second-order valence-corrected chi connectivity index (χ2v) is 7.20. The van der Waals surface area contributed by atoms with E-state index in [2.05, 4.69) is 10.3 Å². The minimum Gasteiger partial charge on any atom is -0.370 e. The lowest BCUT2D eigenvalue weighted by Crippen LogP contribution is -2.30. The summed E-state index contributed by atoms with van der Waals surface area (Å²) >= 11 is 0. The number of nitrogens with one attached hydrogen (secondary N) is 1. The molecule has 0 amide bonds. The molecule has 22 heavy (non-hydrogen) atoms. The van der Waals surface area contributed by atoms with E-state index in [4.69, 9.17) is 5.73 Å². The van der Waals surface area contributed by atoms with E-state index in [1.54, 1.807) is 14.0 Å². The summed E-state index contributed by atoms with van der Waals surface area (Å²) in [5.74, 6) is 0.448. The van der Waals surface area contributed by atoms with Crippen LogP contribution in [0.25, 0.3) is 0 Å². The van der Waals surface area contributed by atoms with Crippen molar-refractivity contribution in [3.8, 4) is 0 Å². The van der Waals surface area contributed by atoms with Crippen molar-refractivity contribution in [3.05, 3.63) is 29.8 Å². The topological polar surface area (TPSA) is 87.8 Å². The fourth-order valence-corrected chi connectivity index (χ4v) is 2.52. The standard InChI is InChI=1S/C14H24N4O2S.HI/c1-4-21(19,20)18(3)11-5-10-16-14(15)17-13-8-6-12(2)7-9-13;/h6-9H,4-5,10-11H2,1-3H3,(H3,15,16,17);1H. The zero-order chi connectivity index (χ0) is 15.9. The molecule has 0 aromatic heterocycles. The first-order valence-electron chi connectivity index (χ1n) is 6.93. The van der Waals surface area contributed by atoms with Gasteiger partial charge in [0.15, 0.2) is 5.96 Å². The average molecular weight is 440 g/mol. The van der Waals surface area contributed by atoms with Crippen LogP contribution in [0.5, 0.6) is 0 Å². The molecule has 126 valence electrons. The van der Waals surface area contributed by atoms with Crippen LogP contribution in [0.15, 0.2) is 29.3 Å². The van der Waals surface area contributed by atoms with Gasteiger partial charge in [0, 0.05) is 25.8 Å². The lowest BCUT2D eigenvalue weighted by Gasteiger charge is -2.15. The maximum atomic E-state index is 11.5. The Kier molecular flexibility index (Phi) is 9.61. The summed E-state index contributed by atoms with van der Waals surface area (Å²) in [5.41, 5.74) is 7.84. The second-order valence-electron chi connectivity index (χ2n) is 4.83. The zero-order valence-electron chi connectivity index (χ0n) is 13.2. The van der Waals surface area contributed by atoms with Crippen LogP contribution in [0.4, 0.5) is 5.69 Å². The van der Waals surface area contributed by atoms with Crippen molar-refractivity contribution >= 4 is 45.6 Å². The van der Waals surface area contributed by atoms with Crippen LogP contribution in [0.3, 0.4) is 0 Å². The third-order valence-corrected chi connectivity index (χ3v) is 4.94. The van der Waals surface area contributed by atoms with Crippen molar-refractivity contribution in [3.63, 3.8) is 0 Å². The summed E-state index contributed by atoms with van der Waals surface area (Å²) in [6, 6.07) is 7.83. The summed E-state index contributed by atoms with van der Waals surface area (Å²) in [5, 5.41) is 2.99. The van der Waals surface area contributed by atoms with Gasteiger partial charge in [-0.1, -0.05) is 17.7 Å². The highest BCUT2D eigenvalue weighted by molar-refractivity contribution is 14.0. The molecule has 0 fully saturated rings. The van der Waals surface area contributed by atoms with Crippen molar-refractivity contribution in [1.82, 2.24) is 4.31 Å². The van der Waals surface area contributed by atoms with Crippen LogP contribution in [-0.2, 0) is 10.0 Å². The Bertz CT molecular complexity index is 573. The van der Waals surface area contributed by atoms with E-state index in [1.165, 1.54) is 9.87 Å². The first kappa shape index (κ1) is 21.1. The minimum atomic E-state index is -3.11. The van der Waals surface area contributed by atoms with E-state index in [0.717, 1.165) is 5.69 Å². The number of hydrogen-bond acceptors (Lipinski definition) is 3. The normalized spacial score (nSPS) is 12.1. The fourth-order valence-electron chi connectivity index (χ4n) is 1.68. The van der Waals surface area contributed by atoms with Gasteiger partial charge in [-0.2, -0.15) is 0 Å². The molecule has 0 aliphatic heterocycles. The predicted octanol–water partition coefficient (Wildman–Crippen LogP) is 2.01. The Morgan fingerprint density at radius 3 is 2.45 bits per heavy atom. The number of rotatable bonds is 7. The monoisotopic (exact) mass is 440 g/mol. The number of halogens is 1. The van der Waals surface area contributed by atoms with Crippen LogP contribution in [0, 0.1) is 6.92 Å². The molecule has 0 aliphatic rings. The molecule has 0 aliphatic carbocycles. The molecule has 0 bridgehead atoms. The lowest BCUT2D eigenvalue weighted by molar-refractivity contribution is 0.465.